The Morgan fingerprint density at radius 3 is 1.73 bits per heavy atom. The van der Waals surface area contributed by atoms with Gasteiger partial charge in [-0.25, -0.2) is 0 Å². The highest BCUT2D eigenvalue weighted by Crippen LogP contribution is 2.43. The second kappa shape index (κ2) is 8.33. The van der Waals surface area contributed by atoms with Crippen LogP contribution in [-0.2, 0) is 4.79 Å². The van der Waals surface area contributed by atoms with Crippen LogP contribution in [0.4, 0.5) is 0 Å². The monoisotopic (exact) mass is 362 g/mol. The largest absolute Gasteiger partial charge is 0.496 e. The van der Waals surface area contributed by atoms with Gasteiger partial charge in [-0.2, -0.15) is 0 Å². The first-order valence-electron chi connectivity index (χ1n) is 7.75. The maximum absolute atomic E-state index is 12.1. The molecular weight excluding hydrogens is 340 g/mol. The molecule has 0 bridgehead atoms. The van der Waals surface area contributed by atoms with E-state index in [2.05, 4.69) is 0 Å². The van der Waals surface area contributed by atoms with Crippen molar-refractivity contribution in [3.05, 3.63) is 41.5 Å². The second-order valence-electron chi connectivity index (χ2n) is 5.33. The number of carboxylic acid groups (broad SMARTS) is 1. The molecule has 0 fully saturated rings. The van der Waals surface area contributed by atoms with Crippen molar-refractivity contribution in [1.82, 2.24) is 0 Å². The van der Waals surface area contributed by atoms with E-state index < -0.39 is 11.9 Å². The van der Waals surface area contributed by atoms with Gasteiger partial charge < -0.3 is 28.8 Å². The molecule has 2 aromatic carbocycles. The number of ether oxygens (including phenoxy) is 5. The van der Waals surface area contributed by atoms with E-state index in [-0.39, 0.29) is 0 Å². The van der Waals surface area contributed by atoms with Crippen LogP contribution < -0.4 is 23.7 Å². The highest BCUT2D eigenvalue weighted by molar-refractivity contribution is 5.83. The lowest BCUT2D eigenvalue weighted by Gasteiger charge is -2.21. The minimum absolute atomic E-state index is 0.350. The number of carboxylic acids is 1. The average molecular weight is 362 g/mol. The summed E-state index contributed by atoms with van der Waals surface area (Å²) in [4.78, 5) is 12.1. The Labute approximate surface area is 152 Å². The van der Waals surface area contributed by atoms with Gasteiger partial charge in [-0.15, -0.1) is 0 Å². The third kappa shape index (κ3) is 3.61. The van der Waals surface area contributed by atoms with E-state index >= 15 is 0 Å². The van der Waals surface area contributed by atoms with Crippen LogP contribution in [0, 0.1) is 0 Å². The molecule has 7 nitrogen and oxygen atoms in total. The van der Waals surface area contributed by atoms with Gasteiger partial charge in [0.25, 0.3) is 0 Å². The summed E-state index contributed by atoms with van der Waals surface area (Å²) < 4.78 is 26.5. The SMILES string of the molecule is COc1cc(OC)c(C(C(=O)O)c2ccc(OC)c(OC)c2)c(OC)c1. The topological polar surface area (TPSA) is 83.5 Å². The number of hydrogen-bond donors (Lipinski definition) is 1. The first-order valence-corrected chi connectivity index (χ1v) is 7.75. The maximum Gasteiger partial charge on any atom is 0.315 e. The Balaban J connectivity index is 2.70. The predicted molar refractivity (Wildman–Crippen MR) is 95.1 cm³/mol. The summed E-state index contributed by atoms with van der Waals surface area (Å²) in [6.07, 6.45) is 0. The van der Waals surface area contributed by atoms with Crippen molar-refractivity contribution in [1.29, 1.82) is 0 Å². The minimum atomic E-state index is -1.06. The molecule has 0 radical (unpaired) electrons. The Morgan fingerprint density at radius 1 is 0.769 bits per heavy atom. The summed E-state index contributed by atoms with van der Waals surface area (Å²) in [6.45, 7) is 0. The Bertz CT molecular complexity index is 760. The van der Waals surface area contributed by atoms with Crippen molar-refractivity contribution in [3.8, 4) is 28.7 Å². The summed E-state index contributed by atoms with van der Waals surface area (Å²) in [5, 5.41) is 9.92. The summed E-state index contributed by atoms with van der Waals surface area (Å²) in [7, 11) is 7.45. The molecule has 140 valence electrons. The van der Waals surface area contributed by atoms with E-state index in [1.165, 1.54) is 35.5 Å². The molecule has 0 aromatic heterocycles. The van der Waals surface area contributed by atoms with Crippen LogP contribution in [0.15, 0.2) is 30.3 Å². The number of carbonyl (C=O) groups is 1. The fourth-order valence-electron chi connectivity index (χ4n) is 2.78. The third-order valence-corrected chi connectivity index (χ3v) is 4.03. The molecule has 0 aliphatic carbocycles. The standard InChI is InChI=1S/C19H22O7/c1-22-12-9-15(25-4)18(16(10-12)26-5)17(19(20)21)11-6-7-13(23-2)14(8-11)24-3/h6-10,17H,1-5H3,(H,20,21). The van der Waals surface area contributed by atoms with Crippen molar-refractivity contribution in [3.63, 3.8) is 0 Å². The van der Waals surface area contributed by atoms with Crippen molar-refractivity contribution < 1.29 is 33.6 Å². The summed E-state index contributed by atoms with van der Waals surface area (Å²) in [6, 6.07) is 8.19. The molecule has 26 heavy (non-hydrogen) atoms. The molecule has 0 aliphatic heterocycles. The minimum Gasteiger partial charge on any atom is -0.496 e. The molecule has 0 aliphatic rings. The summed E-state index contributed by atoms with van der Waals surface area (Å²) in [5.74, 6) is 0.0482. The molecule has 2 aromatic rings. The fourth-order valence-corrected chi connectivity index (χ4v) is 2.78. The summed E-state index contributed by atoms with van der Waals surface area (Å²) >= 11 is 0. The van der Waals surface area contributed by atoms with E-state index in [1.807, 2.05) is 0 Å². The smallest absolute Gasteiger partial charge is 0.315 e. The molecule has 0 heterocycles. The lowest BCUT2D eigenvalue weighted by atomic mass is 9.89. The molecule has 7 heteroatoms. The number of methoxy groups -OCH3 is 5. The van der Waals surface area contributed by atoms with Crippen LogP contribution in [0.3, 0.4) is 0 Å². The van der Waals surface area contributed by atoms with Crippen molar-refractivity contribution in [2.75, 3.05) is 35.5 Å². The normalized spacial score (nSPS) is 11.4. The third-order valence-electron chi connectivity index (χ3n) is 4.03. The van der Waals surface area contributed by atoms with Crippen LogP contribution in [0.25, 0.3) is 0 Å². The average Bonchev–Trinajstić information content (AvgIpc) is 2.67. The Morgan fingerprint density at radius 2 is 1.31 bits per heavy atom. The van der Waals surface area contributed by atoms with Crippen molar-refractivity contribution in [2.24, 2.45) is 0 Å². The van der Waals surface area contributed by atoms with Crippen molar-refractivity contribution in [2.45, 2.75) is 5.92 Å². The zero-order valence-corrected chi connectivity index (χ0v) is 15.4. The summed E-state index contributed by atoms with van der Waals surface area (Å²) in [5.41, 5.74) is 0.882. The van der Waals surface area contributed by atoms with Crippen LogP contribution in [-0.4, -0.2) is 46.6 Å². The Hall–Kier alpha value is -3.09. The van der Waals surface area contributed by atoms with Gasteiger partial charge in [-0.05, 0) is 17.7 Å². The Kier molecular flexibility index (Phi) is 6.16. The molecule has 1 N–H and O–H groups in total. The van der Waals surface area contributed by atoms with Crippen LogP contribution in [0.5, 0.6) is 28.7 Å². The first kappa shape index (κ1) is 19.2. The predicted octanol–water partition coefficient (Wildman–Crippen LogP) is 2.95. The molecule has 1 atom stereocenters. The van der Waals surface area contributed by atoms with Crippen LogP contribution >= 0.6 is 0 Å². The number of benzene rings is 2. The van der Waals surface area contributed by atoms with Gasteiger partial charge in [-0.3, -0.25) is 4.79 Å². The molecule has 0 amide bonds. The van der Waals surface area contributed by atoms with Crippen LogP contribution in [0.1, 0.15) is 17.0 Å². The van der Waals surface area contributed by atoms with E-state index in [4.69, 9.17) is 23.7 Å². The van der Waals surface area contributed by atoms with Gasteiger partial charge in [0.1, 0.15) is 23.2 Å². The fraction of sp³-hybridized carbons (Fsp3) is 0.316. The van der Waals surface area contributed by atoms with Gasteiger partial charge in [0, 0.05) is 12.1 Å². The zero-order valence-electron chi connectivity index (χ0n) is 15.4. The zero-order chi connectivity index (χ0) is 19.3. The van der Waals surface area contributed by atoms with Gasteiger partial charge in [-0.1, -0.05) is 6.07 Å². The second-order valence-corrected chi connectivity index (χ2v) is 5.33. The van der Waals surface area contributed by atoms with Gasteiger partial charge in [0.15, 0.2) is 11.5 Å². The van der Waals surface area contributed by atoms with Crippen molar-refractivity contribution >= 4 is 5.97 Å². The lowest BCUT2D eigenvalue weighted by molar-refractivity contribution is -0.137. The van der Waals surface area contributed by atoms with Crippen LogP contribution in [0.2, 0.25) is 0 Å². The molecule has 1 unspecified atom stereocenters. The molecule has 0 saturated heterocycles. The maximum atomic E-state index is 12.1. The van der Waals surface area contributed by atoms with Gasteiger partial charge in [0.2, 0.25) is 0 Å². The van der Waals surface area contributed by atoms with Gasteiger partial charge >= 0.3 is 5.97 Å². The van der Waals surface area contributed by atoms with E-state index in [9.17, 15) is 9.90 Å². The highest BCUT2D eigenvalue weighted by atomic mass is 16.5. The number of rotatable bonds is 8. The van der Waals surface area contributed by atoms with Gasteiger partial charge in [0.05, 0.1) is 41.1 Å². The number of aliphatic carboxylic acids is 1. The van der Waals surface area contributed by atoms with E-state index in [0.29, 0.717) is 39.9 Å². The first-order chi connectivity index (χ1) is 12.5. The molecule has 0 spiro atoms. The lowest BCUT2D eigenvalue weighted by Crippen LogP contribution is -2.16. The number of hydrogen-bond acceptors (Lipinski definition) is 6. The van der Waals surface area contributed by atoms with E-state index in [1.54, 1.807) is 30.3 Å². The quantitative estimate of drug-likeness (QED) is 0.773. The molecule has 0 saturated carbocycles. The van der Waals surface area contributed by atoms with E-state index in [0.717, 1.165) is 0 Å². The highest BCUT2D eigenvalue weighted by Gasteiger charge is 2.30. The molecular formula is C19H22O7. The molecule has 2 rings (SSSR count).